The normalized spacial score (nSPS) is 10.9. The molecular formula is C20H18N2O2. The Morgan fingerprint density at radius 1 is 1.00 bits per heavy atom. The molecule has 4 nitrogen and oxygen atoms in total. The predicted molar refractivity (Wildman–Crippen MR) is 96.7 cm³/mol. The van der Waals surface area contributed by atoms with Crippen molar-refractivity contribution in [2.45, 2.75) is 6.92 Å². The van der Waals surface area contributed by atoms with Crippen LogP contribution in [0.3, 0.4) is 0 Å². The lowest BCUT2D eigenvalue weighted by Gasteiger charge is -2.07. The van der Waals surface area contributed by atoms with E-state index in [1.807, 2.05) is 55.5 Å². The van der Waals surface area contributed by atoms with E-state index in [0.29, 0.717) is 5.56 Å². The fraction of sp³-hybridized carbons (Fsp3) is 0.100. The second-order valence-corrected chi connectivity index (χ2v) is 5.47. The number of fused-ring (bicyclic) bond motifs is 1. The van der Waals surface area contributed by atoms with Gasteiger partial charge in [0.1, 0.15) is 5.75 Å². The van der Waals surface area contributed by atoms with E-state index in [-0.39, 0.29) is 5.91 Å². The summed E-state index contributed by atoms with van der Waals surface area (Å²) in [5.74, 6) is 0.579. The highest BCUT2D eigenvalue weighted by Gasteiger charge is 2.05. The average molecular weight is 318 g/mol. The van der Waals surface area contributed by atoms with Crippen LogP contribution in [0.2, 0.25) is 0 Å². The molecule has 0 unspecified atom stereocenters. The Balaban J connectivity index is 1.81. The number of amides is 1. The molecule has 0 fully saturated rings. The maximum Gasteiger partial charge on any atom is 0.271 e. The van der Waals surface area contributed by atoms with Gasteiger partial charge in [0.25, 0.3) is 5.91 Å². The number of carbonyl (C=O) groups is 1. The third kappa shape index (κ3) is 3.27. The van der Waals surface area contributed by atoms with Crippen molar-refractivity contribution in [1.29, 1.82) is 0 Å². The Morgan fingerprint density at radius 3 is 2.42 bits per heavy atom. The molecule has 0 aliphatic rings. The minimum Gasteiger partial charge on any atom is -0.496 e. The summed E-state index contributed by atoms with van der Waals surface area (Å²) >= 11 is 0. The molecule has 4 heteroatoms. The van der Waals surface area contributed by atoms with Crippen LogP contribution in [0.15, 0.2) is 65.8 Å². The molecule has 0 saturated carbocycles. The van der Waals surface area contributed by atoms with Gasteiger partial charge in [0.05, 0.1) is 13.3 Å². The van der Waals surface area contributed by atoms with Crippen LogP contribution in [0.25, 0.3) is 10.8 Å². The van der Waals surface area contributed by atoms with Gasteiger partial charge in [0.15, 0.2) is 0 Å². The molecule has 0 heterocycles. The summed E-state index contributed by atoms with van der Waals surface area (Å²) in [6.07, 6.45) is 1.65. The molecule has 0 spiro atoms. The average Bonchev–Trinajstić information content (AvgIpc) is 2.62. The zero-order chi connectivity index (χ0) is 16.9. The largest absolute Gasteiger partial charge is 0.496 e. The van der Waals surface area contributed by atoms with Crippen molar-refractivity contribution in [3.63, 3.8) is 0 Å². The summed E-state index contributed by atoms with van der Waals surface area (Å²) in [6.45, 7) is 1.98. The number of benzene rings is 3. The Labute approximate surface area is 140 Å². The molecule has 3 aromatic rings. The summed E-state index contributed by atoms with van der Waals surface area (Å²) in [7, 11) is 1.65. The fourth-order valence-corrected chi connectivity index (χ4v) is 2.52. The van der Waals surface area contributed by atoms with Crippen molar-refractivity contribution >= 4 is 22.9 Å². The van der Waals surface area contributed by atoms with Gasteiger partial charge < -0.3 is 4.74 Å². The molecule has 1 amide bonds. The highest BCUT2D eigenvalue weighted by Crippen LogP contribution is 2.27. The van der Waals surface area contributed by atoms with Gasteiger partial charge in [-0.2, -0.15) is 5.10 Å². The van der Waals surface area contributed by atoms with Crippen LogP contribution >= 0.6 is 0 Å². The second-order valence-electron chi connectivity index (χ2n) is 5.47. The van der Waals surface area contributed by atoms with Gasteiger partial charge in [-0.15, -0.1) is 0 Å². The first-order valence-electron chi connectivity index (χ1n) is 7.65. The predicted octanol–water partition coefficient (Wildman–Crippen LogP) is 3.92. The van der Waals surface area contributed by atoms with Gasteiger partial charge in [-0.1, -0.05) is 42.0 Å². The molecule has 0 aromatic heterocycles. The fourth-order valence-electron chi connectivity index (χ4n) is 2.52. The van der Waals surface area contributed by atoms with Gasteiger partial charge in [-0.05, 0) is 36.6 Å². The van der Waals surface area contributed by atoms with E-state index in [1.54, 1.807) is 25.5 Å². The van der Waals surface area contributed by atoms with E-state index in [4.69, 9.17) is 4.74 Å². The summed E-state index contributed by atoms with van der Waals surface area (Å²) in [5.41, 5.74) is 5.16. The molecule has 0 bridgehead atoms. The van der Waals surface area contributed by atoms with Crippen LogP contribution < -0.4 is 10.2 Å². The number of hydrazone groups is 1. The molecule has 0 radical (unpaired) electrons. The standard InChI is InChI=1S/C20H18N2O2/c1-14-7-9-15(10-8-14)20(23)22-21-13-16-11-12-19(24-2)18-6-4-3-5-17(16)18/h3-13H,1-2H3,(H,22,23). The molecule has 0 aliphatic carbocycles. The number of ether oxygens (including phenoxy) is 1. The van der Waals surface area contributed by atoms with Crippen molar-refractivity contribution in [3.05, 3.63) is 77.4 Å². The Morgan fingerprint density at radius 2 is 1.71 bits per heavy atom. The Hall–Kier alpha value is -3.14. The lowest BCUT2D eigenvalue weighted by molar-refractivity contribution is 0.0955. The monoisotopic (exact) mass is 318 g/mol. The molecule has 3 rings (SSSR count). The van der Waals surface area contributed by atoms with E-state index < -0.39 is 0 Å². The summed E-state index contributed by atoms with van der Waals surface area (Å²) in [4.78, 5) is 12.1. The third-order valence-electron chi connectivity index (χ3n) is 3.82. The van der Waals surface area contributed by atoms with Crippen molar-refractivity contribution in [2.24, 2.45) is 5.10 Å². The van der Waals surface area contributed by atoms with E-state index in [1.165, 1.54) is 0 Å². The van der Waals surface area contributed by atoms with Crippen molar-refractivity contribution in [2.75, 3.05) is 7.11 Å². The van der Waals surface area contributed by atoms with Gasteiger partial charge in [-0.3, -0.25) is 4.79 Å². The quantitative estimate of drug-likeness (QED) is 0.585. The molecule has 0 saturated heterocycles. The zero-order valence-electron chi connectivity index (χ0n) is 13.6. The number of nitrogens with zero attached hydrogens (tertiary/aromatic N) is 1. The summed E-state index contributed by atoms with van der Waals surface area (Å²) in [5, 5.41) is 6.11. The Bertz CT molecular complexity index is 899. The lowest BCUT2D eigenvalue weighted by Crippen LogP contribution is -2.17. The topological polar surface area (TPSA) is 50.7 Å². The number of carbonyl (C=O) groups excluding carboxylic acids is 1. The Kier molecular flexibility index (Phi) is 4.57. The number of nitrogens with one attached hydrogen (secondary N) is 1. The SMILES string of the molecule is COc1ccc(C=NNC(=O)c2ccc(C)cc2)c2ccccc12. The molecule has 1 N–H and O–H groups in total. The first-order chi connectivity index (χ1) is 11.7. The van der Waals surface area contributed by atoms with Gasteiger partial charge >= 0.3 is 0 Å². The third-order valence-corrected chi connectivity index (χ3v) is 3.82. The van der Waals surface area contributed by atoms with Crippen LogP contribution in [-0.2, 0) is 0 Å². The maximum absolute atomic E-state index is 12.1. The van der Waals surface area contributed by atoms with Crippen LogP contribution in [0, 0.1) is 6.92 Å². The minimum absolute atomic E-state index is 0.232. The molecular weight excluding hydrogens is 300 g/mol. The smallest absolute Gasteiger partial charge is 0.271 e. The van der Waals surface area contributed by atoms with Crippen LogP contribution in [0.5, 0.6) is 5.75 Å². The molecule has 120 valence electrons. The van der Waals surface area contributed by atoms with E-state index in [9.17, 15) is 4.79 Å². The van der Waals surface area contributed by atoms with Gasteiger partial charge in [-0.25, -0.2) is 5.43 Å². The van der Waals surface area contributed by atoms with E-state index >= 15 is 0 Å². The maximum atomic E-state index is 12.1. The summed E-state index contributed by atoms with van der Waals surface area (Å²) < 4.78 is 5.38. The molecule has 24 heavy (non-hydrogen) atoms. The number of rotatable bonds is 4. The first kappa shape index (κ1) is 15.7. The van der Waals surface area contributed by atoms with Crippen molar-refractivity contribution < 1.29 is 9.53 Å². The number of aryl methyl sites for hydroxylation is 1. The highest BCUT2D eigenvalue weighted by atomic mass is 16.5. The summed E-state index contributed by atoms with van der Waals surface area (Å²) in [6, 6.07) is 19.1. The number of methoxy groups -OCH3 is 1. The van der Waals surface area contributed by atoms with Crippen LogP contribution in [0.4, 0.5) is 0 Å². The molecule has 3 aromatic carbocycles. The van der Waals surface area contributed by atoms with E-state index in [2.05, 4.69) is 10.5 Å². The number of hydrogen-bond donors (Lipinski definition) is 1. The van der Waals surface area contributed by atoms with Gasteiger partial charge in [0, 0.05) is 16.5 Å². The van der Waals surface area contributed by atoms with Crippen molar-refractivity contribution in [3.8, 4) is 5.75 Å². The first-order valence-corrected chi connectivity index (χ1v) is 7.65. The zero-order valence-corrected chi connectivity index (χ0v) is 13.6. The molecule has 0 aliphatic heterocycles. The van der Waals surface area contributed by atoms with Crippen molar-refractivity contribution in [1.82, 2.24) is 5.43 Å². The lowest BCUT2D eigenvalue weighted by atomic mass is 10.0. The second kappa shape index (κ2) is 6.96. The molecule has 0 atom stereocenters. The number of hydrogen-bond acceptors (Lipinski definition) is 3. The van der Waals surface area contributed by atoms with Crippen LogP contribution in [-0.4, -0.2) is 19.2 Å². The van der Waals surface area contributed by atoms with E-state index in [0.717, 1.165) is 27.6 Å². The minimum atomic E-state index is -0.232. The van der Waals surface area contributed by atoms with Gasteiger partial charge in [0.2, 0.25) is 0 Å². The van der Waals surface area contributed by atoms with Crippen LogP contribution in [0.1, 0.15) is 21.5 Å². The highest BCUT2D eigenvalue weighted by molar-refractivity contribution is 6.03.